The molecule has 3 amide bonds. The molecule has 0 aromatic carbocycles. The Kier molecular flexibility index (Phi) is 4.79. The van der Waals surface area contributed by atoms with Crippen LogP contribution < -0.4 is 11.1 Å². The summed E-state index contributed by atoms with van der Waals surface area (Å²) in [4.78, 5) is 36.7. The third-order valence-electron chi connectivity index (χ3n) is 3.45. The molecule has 2 atom stereocenters. The van der Waals surface area contributed by atoms with Crippen molar-refractivity contribution in [3.63, 3.8) is 0 Å². The minimum Gasteiger partial charge on any atom is -0.479 e. The van der Waals surface area contributed by atoms with Gasteiger partial charge >= 0.3 is 12.0 Å². The largest absolute Gasteiger partial charge is 0.479 e. The molecule has 1 fully saturated rings. The summed E-state index contributed by atoms with van der Waals surface area (Å²) in [6.07, 6.45) is 1.34. The van der Waals surface area contributed by atoms with Crippen LogP contribution in [0.1, 0.15) is 23.8 Å². The van der Waals surface area contributed by atoms with Gasteiger partial charge in [-0.1, -0.05) is 6.07 Å². The quantitative estimate of drug-likeness (QED) is 0.762. The number of carboxylic acid groups (broad SMARTS) is 1. The summed E-state index contributed by atoms with van der Waals surface area (Å²) >= 11 is 1.27. The van der Waals surface area contributed by atoms with Crippen LogP contribution in [0.3, 0.4) is 0 Å². The number of hydrogen-bond acceptors (Lipinski definition) is 4. The van der Waals surface area contributed by atoms with Gasteiger partial charge in [0.25, 0.3) is 0 Å². The van der Waals surface area contributed by atoms with E-state index in [1.165, 1.54) is 16.2 Å². The molecule has 21 heavy (non-hydrogen) atoms. The van der Waals surface area contributed by atoms with Crippen molar-refractivity contribution in [2.24, 2.45) is 11.7 Å². The molecule has 7 nitrogen and oxygen atoms in total. The van der Waals surface area contributed by atoms with Gasteiger partial charge in [-0.15, -0.1) is 11.3 Å². The molecule has 2 unspecified atom stereocenters. The number of piperidine rings is 1. The van der Waals surface area contributed by atoms with Crippen molar-refractivity contribution in [1.82, 2.24) is 10.2 Å². The molecule has 2 rings (SSSR count). The predicted octanol–water partition coefficient (Wildman–Crippen LogP) is 0.781. The number of nitrogens with zero attached hydrogens (tertiary/aromatic N) is 1. The van der Waals surface area contributed by atoms with Gasteiger partial charge in [-0.05, 0) is 24.3 Å². The van der Waals surface area contributed by atoms with E-state index in [9.17, 15) is 19.5 Å². The molecule has 1 aliphatic heterocycles. The lowest BCUT2D eigenvalue weighted by Gasteiger charge is -2.32. The van der Waals surface area contributed by atoms with Gasteiger partial charge in [0, 0.05) is 18.0 Å². The zero-order valence-electron chi connectivity index (χ0n) is 11.3. The minimum absolute atomic E-state index is 0.234. The number of aliphatic carboxylic acids is 1. The molecule has 8 heteroatoms. The van der Waals surface area contributed by atoms with Crippen LogP contribution in [-0.2, 0) is 9.59 Å². The standard InChI is InChI=1S/C13H17N3O4S/c14-11(17)8-3-1-5-16(7-8)13(20)15-10(12(18)19)9-4-2-6-21-9/h2,4,6,8,10H,1,3,5,7H2,(H2,14,17)(H,15,20)(H,18,19). The Hall–Kier alpha value is -2.09. The summed E-state index contributed by atoms with van der Waals surface area (Å²) in [6.45, 7) is 0.727. The van der Waals surface area contributed by atoms with E-state index < -0.39 is 23.9 Å². The topological polar surface area (TPSA) is 113 Å². The second-order valence-electron chi connectivity index (χ2n) is 4.92. The molecule has 0 aliphatic carbocycles. The van der Waals surface area contributed by atoms with Gasteiger partial charge < -0.3 is 21.1 Å². The summed E-state index contributed by atoms with van der Waals surface area (Å²) < 4.78 is 0. The molecule has 0 saturated carbocycles. The Balaban J connectivity index is 2.02. The van der Waals surface area contributed by atoms with Crippen molar-refractivity contribution in [1.29, 1.82) is 0 Å². The number of rotatable bonds is 4. The predicted molar refractivity (Wildman–Crippen MR) is 76.7 cm³/mol. The van der Waals surface area contributed by atoms with E-state index in [-0.39, 0.29) is 12.5 Å². The molecule has 2 heterocycles. The maximum atomic E-state index is 12.2. The van der Waals surface area contributed by atoms with Crippen molar-refractivity contribution < 1.29 is 19.5 Å². The van der Waals surface area contributed by atoms with E-state index >= 15 is 0 Å². The Labute approximate surface area is 125 Å². The minimum atomic E-state index is -1.12. The number of likely N-dealkylation sites (tertiary alicyclic amines) is 1. The first kappa shape index (κ1) is 15.3. The van der Waals surface area contributed by atoms with Gasteiger partial charge in [-0.2, -0.15) is 0 Å². The Morgan fingerprint density at radius 2 is 2.24 bits per heavy atom. The number of primary amides is 1. The summed E-state index contributed by atoms with van der Waals surface area (Å²) in [5.41, 5.74) is 5.27. The molecule has 0 bridgehead atoms. The first-order chi connectivity index (χ1) is 9.99. The van der Waals surface area contributed by atoms with E-state index in [4.69, 9.17) is 5.73 Å². The normalized spacial score (nSPS) is 19.8. The van der Waals surface area contributed by atoms with Crippen molar-refractivity contribution in [2.75, 3.05) is 13.1 Å². The molecule has 1 saturated heterocycles. The van der Waals surface area contributed by atoms with Gasteiger partial charge in [0.1, 0.15) is 0 Å². The molecular weight excluding hydrogens is 294 g/mol. The molecule has 114 valence electrons. The number of amides is 3. The van der Waals surface area contributed by atoms with E-state index in [1.54, 1.807) is 17.5 Å². The number of thiophene rings is 1. The van der Waals surface area contributed by atoms with Crippen LogP contribution in [0.4, 0.5) is 4.79 Å². The molecule has 1 aliphatic rings. The summed E-state index contributed by atoms with van der Waals surface area (Å²) in [5.74, 6) is -1.91. The molecular formula is C13H17N3O4S. The smallest absolute Gasteiger partial charge is 0.331 e. The molecule has 1 aromatic rings. The summed E-state index contributed by atoms with van der Waals surface area (Å²) in [5, 5.41) is 13.5. The van der Waals surface area contributed by atoms with Gasteiger partial charge in [-0.3, -0.25) is 4.79 Å². The second kappa shape index (κ2) is 6.57. The monoisotopic (exact) mass is 311 g/mol. The fourth-order valence-electron chi connectivity index (χ4n) is 2.32. The molecule has 4 N–H and O–H groups in total. The third-order valence-corrected chi connectivity index (χ3v) is 4.39. The number of carbonyl (C=O) groups is 3. The van der Waals surface area contributed by atoms with Crippen LogP contribution in [-0.4, -0.2) is 41.0 Å². The van der Waals surface area contributed by atoms with Gasteiger partial charge in [0.2, 0.25) is 5.91 Å². The molecule has 0 radical (unpaired) electrons. The van der Waals surface area contributed by atoms with E-state index in [1.807, 2.05) is 0 Å². The molecule has 0 spiro atoms. The highest BCUT2D eigenvalue weighted by Gasteiger charge is 2.30. The zero-order chi connectivity index (χ0) is 15.4. The Morgan fingerprint density at radius 1 is 1.48 bits per heavy atom. The highest BCUT2D eigenvalue weighted by molar-refractivity contribution is 7.10. The van der Waals surface area contributed by atoms with Crippen LogP contribution in [0.25, 0.3) is 0 Å². The Morgan fingerprint density at radius 3 is 2.81 bits per heavy atom. The number of nitrogens with one attached hydrogen (secondary N) is 1. The highest BCUT2D eigenvalue weighted by atomic mass is 32.1. The number of carbonyl (C=O) groups excluding carboxylic acids is 2. The maximum Gasteiger partial charge on any atom is 0.331 e. The lowest BCUT2D eigenvalue weighted by molar-refractivity contribution is -0.139. The van der Waals surface area contributed by atoms with Gasteiger partial charge in [0.05, 0.1) is 5.92 Å². The zero-order valence-corrected chi connectivity index (χ0v) is 12.1. The van der Waals surface area contributed by atoms with Crippen LogP contribution in [0.2, 0.25) is 0 Å². The van der Waals surface area contributed by atoms with Gasteiger partial charge in [-0.25, -0.2) is 9.59 Å². The number of nitrogens with two attached hydrogens (primary N) is 1. The third kappa shape index (κ3) is 3.72. The van der Waals surface area contributed by atoms with E-state index in [2.05, 4.69) is 5.32 Å². The summed E-state index contributed by atoms with van der Waals surface area (Å²) in [6, 6.07) is 1.83. The number of carboxylic acids is 1. The van der Waals surface area contributed by atoms with Crippen LogP contribution >= 0.6 is 11.3 Å². The average Bonchev–Trinajstić information content (AvgIpc) is 2.98. The van der Waals surface area contributed by atoms with Crippen molar-refractivity contribution in [2.45, 2.75) is 18.9 Å². The number of hydrogen-bond donors (Lipinski definition) is 3. The van der Waals surface area contributed by atoms with Crippen molar-refractivity contribution in [3.05, 3.63) is 22.4 Å². The second-order valence-corrected chi connectivity index (χ2v) is 5.90. The number of urea groups is 1. The van der Waals surface area contributed by atoms with Gasteiger partial charge in [0.15, 0.2) is 6.04 Å². The van der Waals surface area contributed by atoms with Crippen molar-refractivity contribution in [3.8, 4) is 0 Å². The fraction of sp³-hybridized carbons (Fsp3) is 0.462. The van der Waals surface area contributed by atoms with Crippen LogP contribution in [0.15, 0.2) is 17.5 Å². The van der Waals surface area contributed by atoms with E-state index in [0.717, 1.165) is 0 Å². The van der Waals surface area contributed by atoms with Crippen LogP contribution in [0.5, 0.6) is 0 Å². The SMILES string of the molecule is NC(=O)C1CCCN(C(=O)NC(C(=O)O)c2cccs2)C1. The maximum absolute atomic E-state index is 12.2. The Bertz CT molecular complexity index is 532. The average molecular weight is 311 g/mol. The first-order valence-electron chi connectivity index (χ1n) is 6.60. The fourth-order valence-corrected chi connectivity index (χ4v) is 3.09. The highest BCUT2D eigenvalue weighted by Crippen LogP contribution is 2.21. The van der Waals surface area contributed by atoms with Crippen LogP contribution in [0, 0.1) is 5.92 Å². The lowest BCUT2D eigenvalue weighted by atomic mass is 9.98. The van der Waals surface area contributed by atoms with Crippen molar-refractivity contribution >= 4 is 29.2 Å². The summed E-state index contributed by atoms with van der Waals surface area (Å²) in [7, 11) is 0. The van der Waals surface area contributed by atoms with E-state index in [0.29, 0.717) is 24.3 Å². The first-order valence-corrected chi connectivity index (χ1v) is 7.48. The lowest BCUT2D eigenvalue weighted by Crippen LogP contribution is -2.49. The molecule has 1 aromatic heterocycles.